The third-order valence-corrected chi connectivity index (χ3v) is 2.95. The van der Waals surface area contributed by atoms with Crippen LogP contribution in [0.2, 0.25) is 5.02 Å². The first kappa shape index (κ1) is 12.2. The van der Waals surface area contributed by atoms with Gasteiger partial charge in [-0.3, -0.25) is 4.79 Å². The SMILES string of the molecule is CCC(O)(CC)C(=O)c1ccc(Cl)cc1. The number of Topliss-reactive ketones (excluding diaryl/α,β-unsaturated/α-hetero) is 1. The van der Waals surface area contributed by atoms with Crippen molar-refractivity contribution in [1.29, 1.82) is 0 Å². The Morgan fingerprint density at radius 1 is 1.27 bits per heavy atom. The van der Waals surface area contributed by atoms with Crippen molar-refractivity contribution in [3.63, 3.8) is 0 Å². The summed E-state index contributed by atoms with van der Waals surface area (Å²) in [5.74, 6) is -0.232. The average Bonchev–Trinajstić information content (AvgIpc) is 2.28. The molecule has 0 saturated heterocycles. The highest BCUT2D eigenvalue weighted by atomic mass is 35.5. The van der Waals surface area contributed by atoms with E-state index < -0.39 is 5.60 Å². The molecule has 0 amide bonds. The van der Waals surface area contributed by atoms with Gasteiger partial charge in [-0.15, -0.1) is 0 Å². The third kappa shape index (κ3) is 2.58. The minimum Gasteiger partial charge on any atom is -0.382 e. The van der Waals surface area contributed by atoms with Crippen LogP contribution in [-0.2, 0) is 0 Å². The van der Waals surface area contributed by atoms with Gasteiger partial charge in [-0.05, 0) is 37.1 Å². The van der Waals surface area contributed by atoms with Crippen LogP contribution < -0.4 is 0 Å². The van der Waals surface area contributed by atoms with Gasteiger partial charge in [0.05, 0.1) is 0 Å². The van der Waals surface area contributed by atoms with Crippen LogP contribution in [0.1, 0.15) is 37.0 Å². The maximum Gasteiger partial charge on any atom is 0.194 e. The Labute approximate surface area is 94.9 Å². The molecule has 3 heteroatoms. The van der Waals surface area contributed by atoms with Crippen molar-refractivity contribution in [3.8, 4) is 0 Å². The number of ketones is 1. The van der Waals surface area contributed by atoms with Crippen LogP contribution in [0.15, 0.2) is 24.3 Å². The number of rotatable bonds is 4. The van der Waals surface area contributed by atoms with E-state index in [-0.39, 0.29) is 5.78 Å². The molecule has 1 aromatic rings. The van der Waals surface area contributed by atoms with Crippen LogP contribution in [0.25, 0.3) is 0 Å². The van der Waals surface area contributed by atoms with Crippen molar-refractivity contribution in [1.82, 2.24) is 0 Å². The van der Waals surface area contributed by atoms with Crippen LogP contribution in [0.4, 0.5) is 0 Å². The highest BCUT2D eigenvalue weighted by Crippen LogP contribution is 2.22. The molecule has 0 atom stereocenters. The summed E-state index contributed by atoms with van der Waals surface area (Å²) in [7, 11) is 0. The number of carbonyl (C=O) groups excluding carboxylic acids is 1. The molecule has 82 valence electrons. The number of benzene rings is 1. The van der Waals surface area contributed by atoms with Crippen molar-refractivity contribution >= 4 is 17.4 Å². The topological polar surface area (TPSA) is 37.3 Å². The van der Waals surface area contributed by atoms with E-state index in [1.807, 2.05) is 0 Å². The van der Waals surface area contributed by atoms with Gasteiger partial charge in [0, 0.05) is 10.6 Å². The standard InChI is InChI=1S/C12H15ClO2/c1-3-12(15,4-2)11(14)9-5-7-10(13)8-6-9/h5-8,15H,3-4H2,1-2H3. The van der Waals surface area contributed by atoms with Crippen molar-refractivity contribution in [3.05, 3.63) is 34.9 Å². The van der Waals surface area contributed by atoms with Gasteiger partial charge in [0.2, 0.25) is 0 Å². The summed E-state index contributed by atoms with van der Waals surface area (Å²) in [6.07, 6.45) is 0.843. The van der Waals surface area contributed by atoms with E-state index >= 15 is 0 Å². The Balaban J connectivity index is 2.98. The lowest BCUT2D eigenvalue weighted by atomic mass is 9.88. The minimum atomic E-state index is -1.24. The second kappa shape index (κ2) is 4.77. The molecule has 1 aromatic carbocycles. The normalized spacial score (nSPS) is 11.5. The molecule has 0 radical (unpaired) electrons. The zero-order valence-corrected chi connectivity index (χ0v) is 9.71. The molecule has 2 nitrogen and oxygen atoms in total. The number of hydrogen-bond acceptors (Lipinski definition) is 2. The van der Waals surface area contributed by atoms with E-state index in [0.29, 0.717) is 23.4 Å². The van der Waals surface area contributed by atoms with Gasteiger partial charge >= 0.3 is 0 Å². The first-order valence-electron chi connectivity index (χ1n) is 5.06. The van der Waals surface area contributed by atoms with Gasteiger partial charge in [0.1, 0.15) is 5.60 Å². The molecular formula is C12H15ClO2. The fourth-order valence-electron chi connectivity index (χ4n) is 1.44. The monoisotopic (exact) mass is 226 g/mol. The summed E-state index contributed by atoms with van der Waals surface area (Å²) in [6, 6.07) is 6.59. The molecule has 0 aliphatic carbocycles. The lowest BCUT2D eigenvalue weighted by Gasteiger charge is -2.23. The fourth-order valence-corrected chi connectivity index (χ4v) is 1.57. The van der Waals surface area contributed by atoms with Gasteiger partial charge in [-0.1, -0.05) is 25.4 Å². The quantitative estimate of drug-likeness (QED) is 0.802. The number of hydrogen-bond donors (Lipinski definition) is 1. The van der Waals surface area contributed by atoms with Gasteiger partial charge in [-0.2, -0.15) is 0 Å². The lowest BCUT2D eigenvalue weighted by molar-refractivity contribution is 0.0278. The second-order valence-electron chi connectivity index (χ2n) is 3.57. The van der Waals surface area contributed by atoms with Crippen LogP contribution in [0, 0.1) is 0 Å². The van der Waals surface area contributed by atoms with Gasteiger partial charge in [0.15, 0.2) is 5.78 Å². The van der Waals surface area contributed by atoms with E-state index in [4.69, 9.17) is 11.6 Å². The maximum atomic E-state index is 11.9. The predicted molar refractivity (Wildman–Crippen MR) is 61.3 cm³/mol. The number of carbonyl (C=O) groups is 1. The van der Waals surface area contributed by atoms with E-state index in [0.717, 1.165) is 0 Å². The zero-order valence-electron chi connectivity index (χ0n) is 8.96. The fraction of sp³-hybridized carbons (Fsp3) is 0.417. The molecular weight excluding hydrogens is 212 g/mol. The molecule has 0 unspecified atom stereocenters. The molecule has 0 heterocycles. The molecule has 0 aromatic heterocycles. The molecule has 1 rings (SSSR count). The van der Waals surface area contributed by atoms with Crippen LogP contribution >= 0.6 is 11.6 Å². The first-order valence-corrected chi connectivity index (χ1v) is 5.44. The van der Waals surface area contributed by atoms with Gasteiger partial charge < -0.3 is 5.11 Å². The van der Waals surface area contributed by atoms with Gasteiger partial charge in [-0.25, -0.2) is 0 Å². The van der Waals surface area contributed by atoms with Crippen LogP contribution in [0.3, 0.4) is 0 Å². The van der Waals surface area contributed by atoms with E-state index in [1.54, 1.807) is 38.1 Å². The summed E-state index contributed by atoms with van der Waals surface area (Å²) in [5.41, 5.74) is -0.737. The predicted octanol–water partition coefficient (Wildman–Crippen LogP) is 3.07. The molecule has 0 saturated carbocycles. The second-order valence-corrected chi connectivity index (χ2v) is 4.01. The molecule has 1 N–H and O–H groups in total. The maximum absolute atomic E-state index is 11.9. The molecule has 0 bridgehead atoms. The average molecular weight is 227 g/mol. The number of halogens is 1. The smallest absolute Gasteiger partial charge is 0.194 e. The number of aliphatic hydroxyl groups is 1. The minimum absolute atomic E-state index is 0.232. The Morgan fingerprint density at radius 3 is 2.13 bits per heavy atom. The molecule has 0 aliphatic heterocycles. The lowest BCUT2D eigenvalue weighted by Crippen LogP contribution is -2.37. The molecule has 0 fully saturated rings. The molecule has 0 aliphatic rings. The van der Waals surface area contributed by atoms with Crippen molar-refractivity contribution in [2.24, 2.45) is 0 Å². The zero-order chi connectivity index (χ0) is 11.5. The Kier molecular flexibility index (Phi) is 3.89. The highest BCUT2D eigenvalue weighted by molar-refractivity contribution is 6.30. The Bertz CT molecular complexity index is 339. The van der Waals surface area contributed by atoms with E-state index in [2.05, 4.69) is 0 Å². The van der Waals surface area contributed by atoms with Crippen molar-refractivity contribution in [2.45, 2.75) is 32.3 Å². The molecule has 0 spiro atoms. The summed E-state index contributed by atoms with van der Waals surface area (Å²) in [4.78, 5) is 11.9. The first-order chi connectivity index (χ1) is 7.03. The summed E-state index contributed by atoms with van der Waals surface area (Å²) in [5, 5.41) is 10.6. The van der Waals surface area contributed by atoms with Crippen molar-refractivity contribution < 1.29 is 9.90 Å². The van der Waals surface area contributed by atoms with Crippen LogP contribution in [-0.4, -0.2) is 16.5 Å². The summed E-state index contributed by atoms with van der Waals surface area (Å²) < 4.78 is 0. The summed E-state index contributed by atoms with van der Waals surface area (Å²) in [6.45, 7) is 3.61. The van der Waals surface area contributed by atoms with E-state index in [1.165, 1.54) is 0 Å². The Hall–Kier alpha value is -0.860. The third-order valence-electron chi connectivity index (χ3n) is 2.70. The largest absolute Gasteiger partial charge is 0.382 e. The molecule has 15 heavy (non-hydrogen) atoms. The Morgan fingerprint density at radius 2 is 1.73 bits per heavy atom. The van der Waals surface area contributed by atoms with Crippen molar-refractivity contribution in [2.75, 3.05) is 0 Å². The van der Waals surface area contributed by atoms with Gasteiger partial charge in [0.25, 0.3) is 0 Å². The highest BCUT2D eigenvalue weighted by Gasteiger charge is 2.32. The van der Waals surface area contributed by atoms with Crippen LogP contribution in [0.5, 0.6) is 0 Å². The summed E-state index contributed by atoms with van der Waals surface area (Å²) >= 11 is 5.72. The van der Waals surface area contributed by atoms with E-state index in [9.17, 15) is 9.90 Å².